The van der Waals surface area contributed by atoms with Crippen LogP contribution in [0.1, 0.15) is 30.0 Å². The first-order valence-corrected chi connectivity index (χ1v) is 12.6. The summed E-state index contributed by atoms with van der Waals surface area (Å²) in [5.74, 6) is -2.45. The Balaban J connectivity index is 2.14. The van der Waals surface area contributed by atoms with Gasteiger partial charge in [-0.15, -0.1) is 0 Å². The maximum atomic E-state index is 14.9. The molecule has 0 aliphatic heterocycles. The van der Waals surface area contributed by atoms with Gasteiger partial charge in [-0.05, 0) is 49.6 Å². The lowest BCUT2D eigenvalue weighted by Crippen LogP contribution is -2.40. The minimum Gasteiger partial charge on any atom is -0.273 e. The average Bonchev–Trinajstić information content (AvgIpc) is 2.84. The molecule has 13 heteroatoms. The van der Waals surface area contributed by atoms with Crippen molar-refractivity contribution < 1.29 is 17.6 Å². The molecule has 0 unspecified atom stereocenters. The maximum Gasteiger partial charge on any atom is 0.352 e. The molecule has 3 aromatic rings. The van der Waals surface area contributed by atoms with E-state index < -0.39 is 55.7 Å². The van der Waals surface area contributed by atoms with Gasteiger partial charge in [-0.1, -0.05) is 23.7 Å². The summed E-state index contributed by atoms with van der Waals surface area (Å²) in [5, 5.41) is 13.7. The minimum absolute atomic E-state index is 0.145. The second kappa shape index (κ2) is 10.4. The number of amides is 1. The highest BCUT2D eigenvalue weighted by Crippen LogP contribution is 2.29. The number of benzene rings is 2. The van der Waals surface area contributed by atoms with Crippen molar-refractivity contribution in [3.8, 4) is 11.8 Å². The van der Waals surface area contributed by atoms with Crippen LogP contribution in [0.25, 0.3) is 5.69 Å². The quantitative estimate of drug-likeness (QED) is 0.454. The van der Waals surface area contributed by atoms with Crippen molar-refractivity contribution >= 4 is 33.2 Å². The van der Waals surface area contributed by atoms with Gasteiger partial charge in [0, 0.05) is 18.5 Å². The molecule has 0 N–H and O–H groups in total. The number of rotatable bonds is 7. The van der Waals surface area contributed by atoms with E-state index in [1.165, 1.54) is 6.92 Å². The van der Waals surface area contributed by atoms with Gasteiger partial charge in [0.2, 0.25) is 15.9 Å². The monoisotopic (exact) mass is 533 g/mol. The molecule has 3 rings (SSSR count). The highest BCUT2D eigenvalue weighted by atomic mass is 35.5. The Bertz CT molecular complexity index is 1630. The normalized spacial score (nSPS) is 11.2. The van der Waals surface area contributed by atoms with E-state index in [0.29, 0.717) is 30.2 Å². The Morgan fingerprint density at radius 1 is 1.25 bits per heavy atom. The smallest absolute Gasteiger partial charge is 0.273 e. The van der Waals surface area contributed by atoms with Gasteiger partial charge in [-0.3, -0.25) is 14.2 Å². The van der Waals surface area contributed by atoms with E-state index >= 15 is 0 Å². The van der Waals surface area contributed by atoms with E-state index in [4.69, 9.17) is 11.6 Å². The van der Waals surface area contributed by atoms with Crippen LogP contribution < -0.4 is 15.6 Å². The Hall–Kier alpha value is -3.82. The largest absolute Gasteiger partial charge is 0.352 e. The molecule has 0 atom stereocenters. The van der Waals surface area contributed by atoms with Crippen LogP contribution in [0, 0.1) is 24.1 Å². The summed E-state index contributed by atoms with van der Waals surface area (Å²) in [6.07, 6.45) is 0.650. The van der Waals surface area contributed by atoms with Crippen molar-refractivity contribution in [3.05, 3.63) is 84.9 Å². The molecule has 0 saturated heterocycles. The number of aryl methyl sites for hydroxylation is 2. The fourth-order valence-electron chi connectivity index (χ4n) is 3.33. The summed E-state index contributed by atoms with van der Waals surface area (Å²) in [7, 11) is -3.13. The third-order valence-electron chi connectivity index (χ3n) is 5.45. The van der Waals surface area contributed by atoms with E-state index in [9.17, 15) is 32.5 Å². The van der Waals surface area contributed by atoms with Crippen LogP contribution in [-0.4, -0.2) is 34.4 Å². The first-order chi connectivity index (χ1) is 16.9. The van der Waals surface area contributed by atoms with Crippen LogP contribution >= 0.6 is 11.6 Å². The lowest BCUT2D eigenvalue weighted by molar-refractivity contribution is -0.117. The Morgan fingerprint density at radius 2 is 1.94 bits per heavy atom. The number of anilines is 1. The lowest BCUT2D eigenvalue weighted by atomic mass is 10.1. The summed E-state index contributed by atoms with van der Waals surface area (Å²) in [5.41, 5.74) is -1.66. The van der Waals surface area contributed by atoms with E-state index in [2.05, 4.69) is 5.10 Å². The summed E-state index contributed by atoms with van der Waals surface area (Å²) in [4.78, 5) is 37.4. The molecule has 0 spiro atoms. The minimum atomic E-state index is -4.28. The second-order valence-electron chi connectivity index (χ2n) is 7.81. The van der Waals surface area contributed by atoms with Crippen molar-refractivity contribution in [2.45, 2.75) is 26.7 Å². The van der Waals surface area contributed by atoms with E-state index in [0.717, 1.165) is 24.9 Å². The molecule has 2 aromatic carbocycles. The topological polar surface area (TPSA) is 135 Å². The second-order valence-corrected chi connectivity index (χ2v) is 10.3. The van der Waals surface area contributed by atoms with E-state index in [-0.39, 0.29) is 12.8 Å². The molecule has 36 heavy (non-hydrogen) atoms. The zero-order valence-electron chi connectivity index (χ0n) is 19.5. The van der Waals surface area contributed by atoms with Crippen molar-refractivity contribution in [1.82, 2.24) is 14.3 Å². The Morgan fingerprint density at radius 3 is 2.56 bits per heavy atom. The molecule has 0 radical (unpaired) electrons. The summed E-state index contributed by atoms with van der Waals surface area (Å²) in [6, 6.07) is 8.45. The number of hydrogen-bond acceptors (Lipinski definition) is 7. The molecule has 10 nitrogen and oxygen atoms in total. The molecule has 0 aliphatic carbocycles. The van der Waals surface area contributed by atoms with Gasteiger partial charge in [0.15, 0.2) is 5.82 Å². The Kier molecular flexibility index (Phi) is 7.76. The molecular formula is C23H21ClFN5O5S. The molecule has 0 saturated carbocycles. The first kappa shape index (κ1) is 26.8. The fourth-order valence-corrected chi connectivity index (χ4v) is 4.64. The van der Waals surface area contributed by atoms with Crippen molar-refractivity contribution in [2.75, 3.05) is 10.1 Å². The summed E-state index contributed by atoms with van der Waals surface area (Å²) in [6.45, 7) is 3.12. The third kappa shape index (κ3) is 5.22. The standard InChI is InChI=1S/C23H21ClFN5O5S/c1-4-36(34,35)30(21(31)8-7-15-6-5-14(2)17(24)9-15)19-11-20(18(25)10-16(19)12-26)29-23(33)28(3)22(32)13-27-29/h5-6,9-11,13H,4,7-8H2,1-3H3. The van der Waals surface area contributed by atoms with E-state index in [1.807, 2.05) is 6.92 Å². The van der Waals surface area contributed by atoms with Gasteiger partial charge in [0.05, 0.1) is 17.0 Å². The van der Waals surface area contributed by atoms with Gasteiger partial charge in [-0.25, -0.2) is 21.9 Å². The van der Waals surface area contributed by atoms with Gasteiger partial charge in [0.1, 0.15) is 18.0 Å². The van der Waals surface area contributed by atoms with Crippen molar-refractivity contribution in [2.24, 2.45) is 7.05 Å². The highest BCUT2D eigenvalue weighted by Gasteiger charge is 2.31. The molecule has 1 amide bonds. The van der Waals surface area contributed by atoms with Crippen molar-refractivity contribution in [3.63, 3.8) is 0 Å². The number of aromatic nitrogens is 3. The predicted octanol–water partition coefficient (Wildman–Crippen LogP) is 2.22. The van der Waals surface area contributed by atoms with Gasteiger partial charge < -0.3 is 0 Å². The summed E-state index contributed by atoms with van der Waals surface area (Å²) < 4.78 is 42.5. The van der Waals surface area contributed by atoms with Crippen LogP contribution in [0.2, 0.25) is 5.02 Å². The molecule has 188 valence electrons. The van der Waals surface area contributed by atoms with Crippen molar-refractivity contribution in [1.29, 1.82) is 5.26 Å². The molecule has 0 bridgehead atoms. The van der Waals surface area contributed by atoms with Crippen LogP contribution in [-0.2, 0) is 28.3 Å². The molecule has 1 aromatic heterocycles. The number of nitriles is 1. The van der Waals surface area contributed by atoms with Gasteiger partial charge in [-0.2, -0.15) is 15.0 Å². The number of hydrogen-bond donors (Lipinski definition) is 0. The van der Waals surface area contributed by atoms with Crippen LogP contribution in [0.5, 0.6) is 0 Å². The van der Waals surface area contributed by atoms with Crippen LogP contribution in [0.3, 0.4) is 0 Å². The van der Waals surface area contributed by atoms with Crippen LogP contribution in [0.4, 0.5) is 10.1 Å². The SMILES string of the molecule is CCS(=O)(=O)N(C(=O)CCc1ccc(C)c(Cl)c1)c1cc(-n2ncc(=O)n(C)c2=O)c(F)cc1C#N. The highest BCUT2D eigenvalue weighted by molar-refractivity contribution is 7.93. The third-order valence-corrected chi connectivity index (χ3v) is 7.54. The average molecular weight is 534 g/mol. The van der Waals surface area contributed by atoms with Gasteiger partial charge >= 0.3 is 5.69 Å². The van der Waals surface area contributed by atoms with Gasteiger partial charge in [0.25, 0.3) is 5.56 Å². The number of halogens is 2. The number of carbonyl (C=O) groups excluding carboxylic acids is 1. The molecule has 1 heterocycles. The number of sulfonamides is 1. The lowest BCUT2D eigenvalue weighted by Gasteiger charge is -2.24. The fraction of sp³-hybridized carbons (Fsp3) is 0.261. The zero-order valence-corrected chi connectivity index (χ0v) is 21.1. The number of carbonyl (C=O) groups is 1. The summed E-state index contributed by atoms with van der Waals surface area (Å²) >= 11 is 6.13. The maximum absolute atomic E-state index is 14.9. The molecule has 0 fully saturated rings. The zero-order chi connectivity index (χ0) is 26.8. The predicted molar refractivity (Wildman–Crippen MR) is 131 cm³/mol. The first-order valence-electron chi connectivity index (χ1n) is 10.6. The number of nitrogens with zero attached hydrogens (tertiary/aromatic N) is 5. The Labute approximate surface area is 210 Å². The van der Waals surface area contributed by atoms with Crippen LogP contribution in [0.15, 0.2) is 46.1 Å². The molecule has 0 aliphatic rings. The molecular weight excluding hydrogens is 513 g/mol. The van der Waals surface area contributed by atoms with E-state index in [1.54, 1.807) is 24.3 Å².